The molecule has 1 aliphatic rings. The maximum atomic E-state index is 12.7. The second kappa shape index (κ2) is 7.83. The Morgan fingerprint density at radius 1 is 1.32 bits per heavy atom. The maximum Gasteiger partial charge on any atom is 0.254 e. The number of benzene rings is 1. The number of hydrogen-bond acceptors (Lipinski definition) is 3. The number of rotatable bonds is 8. The monoisotopic (exact) mass is 341 g/mol. The van der Waals surface area contributed by atoms with E-state index in [1.54, 1.807) is 6.20 Å². The molecule has 1 unspecified atom stereocenters. The van der Waals surface area contributed by atoms with Gasteiger partial charge in [0.25, 0.3) is 5.91 Å². The van der Waals surface area contributed by atoms with Crippen molar-refractivity contribution in [1.82, 2.24) is 15.1 Å². The Hall–Kier alpha value is -2.14. The van der Waals surface area contributed by atoms with Crippen molar-refractivity contribution in [2.75, 3.05) is 13.2 Å². The summed E-state index contributed by atoms with van der Waals surface area (Å²) in [6, 6.07) is 10.3. The molecule has 0 saturated heterocycles. The first-order valence-corrected chi connectivity index (χ1v) is 9.13. The van der Waals surface area contributed by atoms with Gasteiger partial charge in [0.2, 0.25) is 0 Å². The molecule has 134 valence electrons. The first-order valence-electron chi connectivity index (χ1n) is 9.13. The van der Waals surface area contributed by atoms with E-state index in [1.165, 1.54) is 0 Å². The van der Waals surface area contributed by atoms with Crippen LogP contribution in [0.15, 0.2) is 36.5 Å². The molecule has 1 atom stereocenters. The van der Waals surface area contributed by atoms with Gasteiger partial charge in [-0.05, 0) is 38.7 Å². The molecular weight excluding hydrogens is 314 g/mol. The Morgan fingerprint density at radius 3 is 2.64 bits per heavy atom. The third-order valence-electron chi connectivity index (χ3n) is 4.79. The summed E-state index contributed by atoms with van der Waals surface area (Å²) >= 11 is 0. The minimum Gasteiger partial charge on any atom is -0.396 e. The lowest BCUT2D eigenvalue weighted by atomic mass is 9.96. The highest BCUT2D eigenvalue weighted by Gasteiger charge is 2.33. The molecule has 3 rings (SSSR count). The molecule has 0 spiro atoms. The van der Waals surface area contributed by atoms with Crippen LogP contribution in [0.2, 0.25) is 0 Å². The fraction of sp³-hybridized carbons (Fsp3) is 0.500. The van der Waals surface area contributed by atoms with Gasteiger partial charge >= 0.3 is 0 Å². The van der Waals surface area contributed by atoms with Gasteiger partial charge in [-0.1, -0.05) is 30.3 Å². The zero-order chi connectivity index (χ0) is 17.8. The summed E-state index contributed by atoms with van der Waals surface area (Å²) in [5.74, 6) is 0.514. The Labute approximate surface area is 149 Å². The number of carbonyl (C=O) groups excluding carboxylic acids is 1. The number of amides is 1. The topological polar surface area (TPSA) is 67.2 Å². The molecule has 5 heteroatoms. The quantitative estimate of drug-likeness (QED) is 0.774. The van der Waals surface area contributed by atoms with Crippen molar-refractivity contribution in [3.63, 3.8) is 0 Å². The molecule has 25 heavy (non-hydrogen) atoms. The maximum absolute atomic E-state index is 12.7. The minimum absolute atomic E-state index is 0.0623. The molecule has 1 aliphatic carbocycles. The lowest BCUT2D eigenvalue weighted by Gasteiger charge is -2.17. The molecule has 1 heterocycles. The third-order valence-corrected chi connectivity index (χ3v) is 4.79. The molecule has 0 bridgehead atoms. The van der Waals surface area contributed by atoms with Crippen LogP contribution in [-0.4, -0.2) is 33.9 Å². The van der Waals surface area contributed by atoms with Gasteiger partial charge < -0.3 is 10.4 Å². The first-order chi connectivity index (χ1) is 12.1. The van der Waals surface area contributed by atoms with Crippen LogP contribution in [0, 0.1) is 0 Å². The van der Waals surface area contributed by atoms with Gasteiger partial charge in [0, 0.05) is 31.0 Å². The lowest BCUT2D eigenvalue weighted by molar-refractivity contribution is 0.0948. The van der Waals surface area contributed by atoms with Crippen LogP contribution < -0.4 is 5.32 Å². The summed E-state index contributed by atoms with van der Waals surface area (Å²) in [6.45, 7) is 4.80. The van der Waals surface area contributed by atoms with Crippen molar-refractivity contribution in [3.05, 3.63) is 53.3 Å². The van der Waals surface area contributed by atoms with Gasteiger partial charge in [-0.2, -0.15) is 5.10 Å². The summed E-state index contributed by atoms with van der Waals surface area (Å²) in [7, 11) is 0. The Kier molecular flexibility index (Phi) is 5.53. The Bertz CT molecular complexity index is 705. The van der Waals surface area contributed by atoms with Crippen molar-refractivity contribution in [3.8, 4) is 0 Å². The second-order valence-corrected chi connectivity index (χ2v) is 7.09. The molecule has 2 aromatic rings. The molecule has 2 N–H and O–H groups in total. The minimum atomic E-state index is -0.0623. The number of carbonyl (C=O) groups is 1. The molecule has 0 radical (unpaired) electrons. The predicted octanol–water partition coefficient (Wildman–Crippen LogP) is 3.24. The molecule has 0 aliphatic heterocycles. The second-order valence-electron chi connectivity index (χ2n) is 7.09. The van der Waals surface area contributed by atoms with E-state index in [1.807, 2.05) is 35.0 Å². The van der Waals surface area contributed by atoms with Crippen LogP contribution in [0.4, 0.5) is 0 Å². The van der Waals surface area contributed by atoms with E-state index in [9.17, 15) is 9.90 Å². The van der Waals surface area contributed by atoms with Gasteiger partial charge in [-0.15, -0.1) is 0 Å². The fourth-order valence-corrected chi connectivity index (χ4v) is 3.30. The van der Waals surface area contributed by atoms with Crippen molar-refractivity contribution >= 4 is 5.91 Å². The highest BCUT2D eigenvalue weighted by molar-refractivity contribution is 5.95. The smallest absolute Gasteiger partial charge is 0.254 e. The van der Waals surface area contributed by atoms with E-state index < -0.39 is 0 Å². The average molecular weight is 341 g/mol. The average Bonchev–Trinajstić information content (AvgIpc) is 3.36. The zero-order valence-corrected chi connectivity index (χ0v) is 15.0. The van der Waals surface area contributed by atoms with Gasteiger partial charge in [0.05, 0.1) is 17.5 Å². The Balaban J connectivity index is 1.72. The molecule has 1 fully saturated rings. The van der Waals surface area contributed by atoms with E-state index in [0.717, 1.165) is 24.1 Å². The van der Waals surface area contributed by atoms with E-state index >= 15 is 0 Å². The van der Waals surface area contributed by atoms with Gasteiger partial charge in [-0.3, -0.25) is 9.48 Å². The van der Waals surface area contributed by atoms with Crippen molar-refractivity contribution in [2.24, 2.45) is 0 Å². The van der Waals surface area contributed by atoms with Crippen molar-refractivity contribution in [1.29, 1.82) is 0 Å². The standard InChI is InChI=1S/C20H27N3O2/c1-14(2)23-19(16-8-9-16)18(13-22-23)20(25)21-12-17(10-11-24)15-6-4-3-5-7-15/h3-7,13-14,16-17,24H,8-12H2,1-2H3,(H,21,25). The summed E-state index contributed by atoms with van der Waals surface area (Å²) in [5.41, 5.74) is 2.91. The molecule has 1 aromatic carbocycles. The third kappa shape index (κ3) is 4.10. The molecule has 1 amide bonds. The fourth-order valence-electron chi connectivity index (χ4n) is 3.30. The van der Waals surface area contributed by atoms with Crippen LogP contribution in [0.1, 0.15) is 72.6 Å². The molecule has 5 nitrogen and oxygen atoms in total. The number of nitrogens with zero attached hydrogens (tertiary/aromatic N) is 2. The number of aromatic nitrogens is 2. The molecular formula is C20H27N3O2. The van der Waals surface area contributed by atoms with E-state index in [0.29, 0.717) is 24.4 Å². The molecule has 1 aromatic heterocycles. The van der Waals surface area contributed by atoms with E-state index in [-0.39, 0.29) is 24.5 Å². The van der Waals surface area contributed by atoms with E-state index in [2.05, 4.69) is 24.3 Å². The lowest BCUT2D eigenvalue weighted by Crippen LogP contribution is -2.29. The first kappa shape index (κ1) is 17.7. The van der Waals surface area contributed by atoms with Crippen molar-refractivity contribution in [2.45, 2.75) is 51.0 Å². The summed E-state index contributed by atoms with van der Waals surface area (Å²) in [4.78, 5) is 12.7. The number of hydrogen-bond donors (Lipinski definition) is 2. The zero-order valence-electron chi connectivity index (χ0n) is 15.0. The highest BCUT2D eigenvalue weighted by atomic mass is 16.3. The van der Waals surface area contributed by atoms with Crippen LogP contribution in [0.5, 0.6) is 0 Å². The van der Waals surface area contributed by atoms with Crippen molar-refractivity contribution < 1.29 is 9.90 Å². The van der Waals surface area contributed by atoms with Crippen LogP contribution >= 0.6 is 0 Å². The predicted molar refractivity (Wildman–Crippen MR) is 97.8 cm³/mol. The number of nitrogens with one attached hydrogen (secondary N) is 1. The molecule has 1 saturated carbocycles. The summed E-state index contributed by atoms with van der Waals surface area (Å²) in [6.07, 6.45) is 4.60. The largest absolute Gasteiger partial charge is 0.396 e. The van der Waals surface area contributed by atoms with E-state index in [4.69, 9.17) is 0 Å². The summed E-state index contributed by atoms with van der Waals surface area (Å²) < 4.78 is 1.98. The number of aliphatic hydroxyl groups excluding tert-OH is 1. The van der Waals surface area contributed by atoms with Crippen LogP contribution in [-0.2, 0) is 0 Å². The SMILES string of the molecule is CC(C)n1ncc(C(=O)NCC(CCO)c2ccccc2)c1C1CC1. The highest BCUT2D eigenvalue weighted by Crippen LogP contribution is 2.42. The normalized spacial score (nSPS) is 15.4. The number of aliphatic hydroxyl groups is 1. The Morgan fingerprint density at radius 2 is 2.04 bits per heavy atom. The van der Waals surface area contributed by atoms with Gasteiger partial charge in [0.15, 0.2) is 0 Å². The van der Waals surface area contributed by atoms with Crippen LogP contribution in [0.25, 0.3) is 0 Å². The van der Waals surface area contributed by atoms with Gasteiger partial charge in [0.1, 0.15) is 0 Å². The van der Waals surface area contributed by atoms with Gasteiger partial charge in [-0.25, -0.2) is 0 Å². The summed E-state index contributed by atoms with van der Waals surface area (Å²) in [5, 5.41) is 16.8. The van der Waals surface area contributed by atoms with Crippen LogP contribution in [0.3, 0.4) is 0 Å².